The number of aromatic nitrogens is 1. The van der Waals surface area contributed by atoms with Crippen LogP contribution in [0.5, 0.6) is 0 Å². The summed E-state index contributed by atoms with van der Waals surface area (Å²) in [5, 5.41) is 4.03. The fraction of sp³-hybridized carbons (Fsp3) is 0.633. The molecule has 3 atom stereocenters. The van der Waals surface area contributed by atoms with Gasteiger partial charge in [0.2, 0.25) is 0 Å². The lowest BCUT2D eigenvalue weighted by atomic mass is 9.68. The van der Waals surface area contributed by atoms with Crippen molar-refractivity contribution in [1.82, 2.24) is 10.3 Å². The highest BCUT2D eigenvalue weighted by Crippen LogP contribution is 2.50. The molecule has 1 aromatic carbocycles. The summed E-state index contributed by atoms with van der Waals surface area (Å²) in [6.07, 6.45) is 15.4. The Morgan fingerprint density at radius 1 is 1.09 bits per heavy atom. The molecule has 1 aliphatic carbocycles. The van der Waals surface area contributed by atoms with E-state index >= 15 is 0 Å². The topological polar surface area (TPSA) is 37.4 Å². The molecule has 4 heteroatoms. The smallest absolute Gasteiger partial charge is 0.0691 e. The number of benzene rings is 1. The molecule has 1 N–H and O–H groups in total. The SMILES string of the molecule is CCC1CCc2cccc3c2N1CCC3NCC[C@@]1(c2ccccn2)CCOC2(CCCC2)C1. The van der Waals surface area contributed by atoms with Gasteiger partial charge in [-0.2, -0.15) is 0 Å². The second-order valence-electron chi connectivity index (χ2n) is 11.4. The van der Waals surface area contributed by atoms with Crippen LogP contribution < -0.4 is 10.2 Å². The van der Waals surface area contributed by atoms with Crippen LogP contribution >= 0.6 is 0 Å². The molecule has 4 nitrogen and oxygen atoms in total. The first-order valence-corrected chi connectivity index (χ1v) is 13.9. The quantitative estimate of drug-likeness (QED) is 0.566. The van der Waals surface area contributed by atoms with Gasteiger partial charge in [0.15, 0.2) is 0 Å². The highest BCUT2D eigenvalue weighted by atomic mass is 16.5. The minimum Gasteiger partial charge on any atom is -0.375 e. The minimum absolute atomic E-state index is 0.0920. The Labute approximate surface area is 205 Å². The van der Waals surface area contributed by atoms with Gasteiger partial charge in [0.05, 0.1) is 5.60 Å². The number of pyridine rings is 1. The summed E-state index contributed by atoms with van der Waals surface area (Å²) in [6.45, 7) is 5.45. The van der Waals surface area contributed by atoms with E-state index in [1.165, 1.54) is 69.2 Å². The summed E-state index contributed by atoms with van der Waals surface area (Å²) in [6, 6.07) is 14.7. The third-order valence-corrected chi connectivity index (χ3v) is 9.50. The zero-order chi connectivity index (χ0) is 23.0. The van der Waals surface area contributed by atoms with Crippen molar-refractivity contribution < 1.29 is 4.74 Å². The fourth-order valence-corrected chi connectivity index (χ4v) is 7.74. The standard InChI is InChI=1S/C30H41N3O/c1-2-24-12-11-23-8-7-9-25-26(13-20-33(24)28(23)25)31-19-16-29(27-10-3-6-18-32-27)17-21-34-30(22-29)14-4-5-15-30/h3,6-10,18,24,26,31H,2,4-5,11-17,19-22H2,1H3/t24?,26?,29-/m1/s1. The van der Waals surface area contributed by atoms with Crippen LogP contribution in [0.25, 0.3) is 0 Å². The first-order valence-electron chi connectivity index (χ1n) is 13.9. The first-order chi connectivity index (χ1) is 16.7. The van der Waals surface area contributed by atoms with Crippen LogP contribution in [-0.2, 0) is 16.6 Å². The average molecular weight is 460 g/mol. The molecule has 1 saturated carbocycles. The van der Waals surface area contributed by atoms with Crippen LogP contribution in [0, 0.1) is 0 Å². The lowest BCUT2D eigenvalue weighted by molar-refractivity contribution is -0.104. The van der Waals surface area contributed by atoms with Crippen LogP contribution in [0.4, 0.5) is 5.69 Å². The molecule has 3 aliphatic heterocycles. The van der Waals surface area contributed by atoms with Gasteiger partial charge in [-0.3, -0.25) is 4.98 Å². The molecule has 2 unspecified atom stereocenters. The Kier molecular flexibility index (Phi) is 6.15. The molecule has 1 saturated heterocycles. The number of ether oxygens (including phenoxy) is 1. The molecule has 182 valence electrons. The molecule has 1 aromatic heterocycles. The third kappa shape index (κ3) is 3.97. The Morgan fingerprint density at radius 2 is 2.00 bits per heavy atom. The van der Waals surface area contributed by atoms with Crippen molar-refractivity contribution in [1.29, 1.82) is 0 Å². The number of aryl methyl sites for hydroxylation is 1. The van der Waals surface area contributed by atoms with Crippen LogP contribution in [0.2, 0.25) is 0 Å². The Morgan fingerprint density at radius 3 is 2.82 bits per heavy atom. The molecule has 6 rings (SSSR count). The molecule has 34 heavy (non-hydrogen) atoms. The van der Waals surface area contributed by atoms with Crippen molar-refractivity contribution in [2.45, 2.75) is 101 Å². The van der Waals surface area contributed by atoms with E-state index in [1.54, 1.807) is 11.3 Å². The predicted molar refractivity (Wildman–Crippen MR) is 138 cm³/mol. The number of hydrogen-bond acceptors (Lipinski definition) is 4. The van der Waals surface area contributed by atoms with E-state index in [9.17, 15) is 0 Å². The van der Waals surface area contributed by atoms with Crippen molar-refractivity contribution >= 4 is 5.69 Å². The molecular formula is C30H41N3O. The number of hydrogen-bond donors (Lipinski definition) is 1. The van der Waals surface area contributed by atoms with E-state index in [0.29, 0.717) is 12.1 Å². The summed E-state index contributed by atoms with van der Waals surface area (Å²) < 4.78 is 6.46. The third-order valence-electron chi connectivity index (χ3n) is 9.50. The second kappa shape index (κ2) is 9.28. The number of nitrogens with one attached hydrogen (secondary N) is 1. The van der Waals surface area contributed by atoms with Gasteiger partial charge in [0.1, 0.15) is 0 Å². The number of anilines is 1. The molecule has 0 amide bonds. The van der Waals surface area contributed by atoms with Gasteiger partial charge in [0.25, 0.3) is 0 Å². The second-order valence-corrected chi connectivity index (χ2v) is 11.4. The van der Waals surface area contributed by atoms with Crippen molar-refractivity contribution in [2.24, 2.45) is 0 Å². The lowest BCUT2D eigenvalue weighted by Gasteiger charge is -2.47. The highest BCUT2D eigenvalue weighted by Gasteiger charge is 2.48. The summed E-state index contributed by atoms with van der Waals surface area (Å²) in [7, 11) is 0. The number of rotatable bonds is 6. The Hall–Kier alpha value is -1.91. The van der Waals surface area contributed by atoms with Crippen LogP contribution in [0.15, 0.2) is 42.6 Å². The van der Waals surface area contributed by atoms with E-state index in [0.717, 1.165) is 32.4 Å². The van der Waals surface area contributed by atoms with Gasteiger partial charge in [-0.25, -0.2) is 0 Å². The number of para-hydroxylation sites is 1. The van der Waals surface area contributed by atoms with E-state index in [4.69, 9.17) is 9.72 Å². The van der Waals surface area contributed by atoms with E-state index < -0.39 is 0 Å². The summed E-state index contributed by atoms with van der Waals surface area (Å²) in [4.78, 5) is 7.62. The molecule has 4 aliphatic rings. The molecular weight excluding hydrogens is 418 g/mol. The van der Waals surface area contributed by atoms with Gasteiger partial charge in [-0.1, -0.05) is 44.0 Å². The monoisotopic (exact) mass is 459 g/mol. The van der Waals surface area contributed by atoms with Crippen molar-refractivity contribution in [3.05, 3.63) is 59.4 Å². The summed E-state index contributed by atoms with van der Waals surface area (Å²) in [5.41, 5.74) is 6.15. The van der Waals surface area contributed by atoms with Crippen molar-refractivity contribution in [2.75, 3.05) is 24.6 Å². The van der Waals surface area contributed by atoms with E-state index in [2.05, 4.69) is 53.5 Å². The van der Waals surface area contributed by atoms with Gasteiger partial charge < -0.3 is 15.0 Å². The first kappa shape index (κ1) is 22.5. The average Bonchev–Trinajstić information content (AvgIpc) is 3.33. The zero-order valence-electron chi connectivity index (χ0n) is 20.9. The maximum atomic E-state index is 6.46. The maximum absolute atomic E-state index is 6.46. The van der Waals surface area contributed by atoms with Crippen molar-refractivity contribution in [3.8, 4) is 0 Å². The van der Waals surface area contributed by atoms with Gasteiger partial charge in [-0.05, 0) is 87.6 Å². The summed E-state index contributed by atoms with van der Waals surface area (Å²) >= 11 is 0. The largest absolute Gasteiger partial charge is 0.375 e. The van der Waals surface area contributed by atoms with E-state index in [1.807, 2.05) is 6.20 Å². The predicted octanol–water partition coefficient (Wildman–Crippen LogP) is 6.10. The fourth-order valence-electron chi connectivity index (χ4n) is 7.74. The maximum Gasteiger partial charge on any atom is 0.0691 e. The van der Waals surface area contributed by atoms with E-state index in [-0.39, 0.29) is 11.0 Å². The minimum atomic E-state index is 0.0920. The molecule has 2 fully saturated rings. The van der Waals surface area contributed by atoms with Gasteiger partial charge >= 0.3 is 0 Å². The Bertz CT molecular complexity index is 986. The summed E-state index contributed by atoms with van der Waals surface area (Å²) in [5.74, 6) is 0. The molecule has 4 heterocycles. The lowest BCUT2D eigenvalue weighted by Crippen LogP contribution is -2.48. The molecule has 0 radical (unpaired) electrons. The molecule has 0 bridgehead atoms. The normalized spacial score (nSPS) is 29.9. The Balaban J connectivity index is 1.21. The van der Waals surface area contributed by atoms with Crippen molar-refractivity contribution in [3.63, 3.8) is 0 Å². The van der Waals surface area contributed by atoms with Gasteiger partial charge in [0, 0.05) is 48.2 Å². The molecule has 1 spiro atoms. The van der Waals surface area contributed by atoms with Crippen LogP contribution in [-0.4, -0.2) is 36.3 Å². The highest BCUT2D eigenvalue weighted by molar-refractivity contribution is 5.64. The number of nitrogens with zero attached hydrogens (tertiary/aromatic N) is 2. The van der Waals surface area contributed by atoms with Gasteiger partial charge in [-0.15, -0.1) is 0 Å². The van der Waals surface area contributed by atoms with Crippen LogP contribution in [0.1, 0.15) is 94.0 Å². The zero-order valence-corrected chi connectivity index (χ0v) is 20.9. The van der Waals surface area contributed by atoms with Crippen LogP contribution in [0.3, 0.4) is 0 Å². The molecule has 2 aromatic rings.